The van der Waals surface area contributed by atoms with Crippen LogP contribution in [0, 0.1) is 27.4 Å². The Labute approximate surface area is 146 Å². The molecule has 0 aromatic heterocycles. The highest BCUT2D eigenvalue weighted by molar-refractivity contribution is 5.61. The fourth-order valence-corrected chi connectivity index (χ4v) is 3.47. The Bertz CT molecular complexity index is 649. The summed E-state index contributed by atoms with van der Waals surface area (Å²) in [5.74, 6) is 0.439. The van der Waals surface area contributed by atoms with Crippen LogP contribution in [0.15, 0.2) is 18.2 Å². The Morgan fingerprint density at radius 1 is 1.36 bits per heavy atom. The summed E-state index contributed by atoms with van der Waals surface area (Å²) in [6.45, 7) is 5.42. The summed E-state index contributed by atoms with van der Waals surface area (Å²) in [4.78, 5) is 12.8. The van der Waals surface area contributed by atoms with Crippen LogP contribution in [0.3, 0.4) is 0 Å². The second-order valence-corrected chi connectivity index (χ2v) is 6.32. The van der Waals surface area contributed by atoms with Crippen molar-refractivity contribution in [3.05, 3.63) is 33.9 Å². The molecule has 1 aromatic rings. The minimum atomic E-state index is -0.489. The number of nitriles is 1. The average molecular weight is 346 g/mol. The number of non-ortho nitro benzene ring substituents is 1. The molecule has 0 unspecified atom stereocenters. The lowest BCUT2D eigenvalue weighted by Gasteiger charge is -2.37. The topological polar surface area (TPSA) is 101 Å². The van der Waals surface area contributed by atoms with E-state index < -0.39 is 4.92 Å². The molecular weight excluding hydrogens is 324 g/mol. The van der Waals surface area contributed by atoms with Crippen LogP contribution in [0.25, 0.3) is 0 Å². The second kappa shape index (κ2) is 8.25. The summed E-state index contributed by atoms with van der Waals surface area (Å²) in [5, 5.41) is 23.5. The number of hydrogen-bond donors (Lipinski definition) is 1. The maximum atomic E-state index is 10.9. The first-order valence-corrected chi connectivity index (χ1v) is 8.51. The van der Waals surface area contributed by atoms with Gasteiger partial charge in [0.25, 0.3) is 5.69 Å². The van der Waals surface area contributed by atoms with Crippen molar-refractivity contribution in [1.29, 1.82) is 5.26 Å². The lowest BCUT2D eigenvalue weighted by Crippen LogP contribution is -2.50. The lowest BCUT2D eigenvalue weighted by molar-refractivity contribution is -0.384. The van der Waals surface area contributed by atoms with Crippen LogP contribution in [0.1, 0.15) is 12.0 Å². The van der Waals surface area contributed by atoms with E-state index in [1.165, 1.54) is 12.1 Å². The Kier molecular flexibility index (Phi) is 5.81. The van der Waals surface area contributed by atoms with E-state index in [0.717, 1.165) is 45.9 Å². The third-order valence-electron chi connectivity index (χ3n) is 4.86. The molecule has 134 valence electrons. The fraction of sp³-hybridized carbons (Fsp3) is 0.588. The van der Waals surface area contributed by atoms with Gasteiger partial charge < -0.3 is 14.8 Å². The molecule has 1 aromatic carbocycles. The zero-order valence-corrected chi connectivity index (χ0v) is 14.0. The lowest BCUT2D eigenvalue weighted by atomic mass is 9.96. The zero-order chi connectivity index (χ0) is 17.6. The monoisotopic (exact) mass is 346 g/mol. The largest absolute Gasteiger partial charge is 0.382 e. The molecule has 0 radical (unpaired) electrons. The number of nitrogens with one attached hydrogen (secondary N) is 1. The summed E-state index contributed by atoms with van der Waals surface area (Å²) in [6, 6.07) is 6.67. The smallest absolute Gasteiger partial charge is 0.270 e. The first-order chi connectivity index (χ1) is 12.2. The van der Waals surface area contributed by atoms with Gasteiger partial charge in [0.15, 0.2) is 0 Å². The fourth-order valence-electron chi connectivity index (χ4n) is 3.47. The number of ether oxygens (including phenoxy) is 2. The van der Waals surface area contributed by atoms with Crippen molar-refractivity contribution in [3.63, 3.8) is 0 Å². The van der Waals surface area contributed by atoms with E-state index in [2.05, 4.69) is 10.2 Å². The molecule has 0 aliphatic carbocycles. The van der Waals surface area contributed by atoms with Gasteiger partial charge in [0.2, 0.25) is 0 Å². The van der Waals surface area contributed by atoms with Gasteiger partial charge in [0.1, 0.15) is 6.07 Å². The normalized spacial score (nSPS) is 22.3. The molecule has 0 saturated carbocycles. The van der Waals surface area contributed by atoms with Crippen LogP contribution in [-0.4, -0.2) is 61.9 Å². The number of rotatable bonds is 6. The molecule has 0 bridgehead atoms. The first-order valence-electron chi connectivity index (χ1n) is 8.51. The van der Waals surface area contributed by atoms with E-state index in [0.29, 0.717) is 18.2 Å². The molecule has 2 aliphatic rings. The Balaban J connectivity index is 1.72. The van der Waals surface area contributed by atoms with Crippen LogP contribution in [-0.2, 0) is 9.47 Å². The van der Waals surface area contributed by atoms with Crippen LogP contribution < -0.4 is 5.32 Å². The summed E-state index contributed by atoms with van der Waals surface area (Å²) in [5.41, 5.74) is 0.846. The number of nitrogens with zero attached hydrogens (tertiary/aromatic N) is 3. The molecule has 0 amide bonds. The van der Waals surface area contributed by atoms with Gasteiger partial charge in [-0.1, -0.05) is 0 Å². The molecule has 1 N–H and O–H groups in total. The molecule has 0 spiro atoms. The SMILES string of the molecule is N#Cc1cc([N+](=O)[O-])ccc1NC[C@@H]([C@H]1CCOC1)N1CCOCC1. The number of nitro benzene ring substituents is 1. The Morgan fingerprint density at radius 2 is 2.16 bits per heavy atom. The maximum absolute atomic E-state index is 10.9. The number of anilines is 1. The van der Waals surface area contributed by atoms with Crippen LogP contribution in [0.4, 0.5) is 11.4 Å². The van der Waals surface area contributed by atoms with Crippen LogP contribution in [0.2, 0.25) is 0 Å². The molecular formula is C17H22N4O4. The van der Waals surface area contributed by atoms with Crippen molar-refractivity contribution in [3.8, 4) is 6.07 Å². The molecule has 25 heavy (non-hydrogen) atoms. The summed E-state index contributed by atoms with van der Waals surface area (Å²) >= 11 is 0. The third kappa shape index (κ3) is 4.25. The summed E-state index contributed by atoms with van der Waals surface area (Å²) < 4.78 is 11.0. The van der Waals surface area contributed by atoms with Gasteiger partial charge in [0.05, 0.1) is 36.0 Å². The highest BCUT2D eigenvalue weighted by Crippen LogP contribution is 2.25. The molecule has 2 atom stereocenters. The average Bonchev–Trinajstić information content (AvgIpc) is 3.17. The minimum Gasteiger partial charge on any atom is -0.382 e. The van der Waals surface area contributed by atoms with E-state index in [1.807, 2.05) is 6.07 Å². The van der Waals surface area contributed by atoms with Crippen molar-refractivity contribution in [2.45, 2.75) is 12.5 Å². The standard InChI is InChI=1S/C17H22N4O4/c18-10-14-9-15(21(22)23)1-2-16(14)19-11-17(13-3-6-25-12-13)20-4-7-24-8-5-20/h1-2,9,13,17,19H,3-8,11-12H2/t13-,17-/m0/s1. The number of morpholine rings is 1. The van der Waals surface area contributed by atoms with Gasteiger partial charge >= 0.3 is 0 Å². The highest BCUT2D eigenvalue weighted by atomic mass is 16.6. The van der Waals surface area contributed by atoms with Crippen LogP contribution in [0.5, 0.6) is 0 Å². The Morgan fingerprint density at radius 3 is 2.80 bits per heavy atom. The van der Waals surface area contributed by atoms with Gasteiger partial charge in [-0.3, -0.25) is 15.0 Å². The van der Waals surface area contributed by atoms with Crippen molar-refractivity contribution < 1.29 is 14.4 Å². The van der Waals surface area contributed by atoms with E-state index in [4.69, 9.17) is 9.47 Å². The number of nitro groups is 1. The van der Waals surface area contributed by atoms with E-state index in [-0.39, 0.29) is 17.3 Å². The van der Waals surface area contributed by atoms with Crippen molar-refractivity contribution in [2.24, 2.45) is 5.92 Å². The third-order valence-corrected chi connectivity index (χ3v) is 4.86. The maximum Gasteiger partial charge on any atom is 0.270 e. The molecule has 2 heterocycles. The van der Waals surface area contributed by atoms with E-state index in [9.17, 15) is 15.4 Å². The van der Waals surface area contributed by atoms with Crippen molar-refractivity contribution >= 4 is 11.4 Å². The summed E-state index contributed by atoms with van der Waals surface area (Å²) in [6.07, 6.45) is 1.02. The quantitative estimate of drug-likeness (QED) is 0.617. The second-order valence-electron chi connectivity index (χ2n) is 6.32. The number of hydrogen-bond acceptors (Lipinski definition) is 7. The Hall–Kier alpha value is -2.21. The highest BCUT2D eigenvalue weighted by Gasteiger charge is 2.31. The zero-order valence-electron chi connectivity index (χ0n) is 14.0. The molecule has 8 heteroatoms. The molecule has 2 aliphatic heterocycles. The van der Waals surface area contributed by atoms with Crippen LogP contribution >= 0.6 is 0 Å². The predicted octanol–water partition coefficient (Wildman–Crippen LogP) is 1.62. The van der Waals surface area contributed by atoms with Gasteiger partial charge in [-0.05, 0) is 12.5 Å². The molecule has 2 saturated heterocycles. The number of benzene rings is 1. The predicted molar refractivity (Wildman–Crippen MR) is 91.4 cm³/mol. The molecule has 8 nitrogen and oxygen atoms in total. The first kappa shape index (κ1) is 17.6. The summed E-state index contributed by atoms with van der Waals surface area (Å²) in [7, 11) is 0. The van der Waals surface area contributed by atoms with Gasteiger partial charge in [-0.2, -0.15) is 5.26 Å². The minimum absolute atomic E-state index is 0.0731. The van der Waals surface area contributed by atoms with Crippen molar-refractivity contribution in [2.75, 3.05) is 51.4 Å². The van der Waals surface area contributed by atoms with Gasteiger partial charge in [-0.25, -0.2) is 0 Å². The van der Waals surface area contributed by atoms with Crippen molar-refractivity contribution in [1.82, 2.24) is 4.90 Å². The van der Waals surface area contributed by atoms with Gasteiger partial charge in [-0.15, -0.1) is 0 Å². The van der Waals surface area contributed by atoms with Gasteiger partial charge in [0, 0.05) is 50.3 Å². The molecule has 3 rings (SSSR count). The molecule has 2 fully saturated rings. The van der Waals surface area contributed by atoms with E-state index in [1.54, 1.807) is 6.07 Å². The van der Waals surface area contributed by atoms with E-state index >= 15 is 0 Å².